The van der Waals surface area contributed by atoms with Crippen LogP contribution in [-0.2, 0) is 29.1 Å². The zero-order valence-corrected chi connectivity index (χ0v) is 27.2. The van der Waals surface area contributed by atoms with E-state index in [-0.39, 0.29) is 55.4 Å². The summed E-state index contributed by atoms with van der Waals surface area (Å²) in [6.45, 7) is 5.15. The number of anilines is 3. The zero-order chi connectivity index (χ0) is 34.2. The minimum atomic E-state index is -0.381. The Hall–Kier alpha value is -5.34. The Labute approximate surface area is 278 Å². The molecule has 1 aromatic heterocycles. The van der Waals surface area contributed by atoms with Gasteiger partial charge in [0.25, 0.3) is 5.91 Å². The molecule has 5 N–H and O–H groups in total. The number of fused-ring (bicyclic) bond motifs is 1. The van der Waals surface area contributed by atoms with Crippen LogP contribution in [0.5, 0.6) is 5.75 Å². The van der Waals surface area contributed by atoms with Crippen molar-refractivity contribution in [1.29, 1.82) is 0 Å². The topological polar surface area (TPSA) is 181 Å². The number of carbonyl (C=O) groups excluding carboxylic acids is 3. The van der Waals surface area contributed by atoms with Crippen LogP contribution in [0.15, 0.2) is 73.1 Å². The summed E-state index contributed by atoms with van der Waals surface area (Å²) in [4.78, 5) is 42.7. The van der Waals surface area contributed by atoms with E-state index in [4.69, 9.17) is 10.5 Å². The number of ether oxygens (including phenoxy) is 1. The lowest BCUT2D eigenvalue weighted by molar-refractivity contribution is -0.134. The van der Waals surface area contributed by atoms with Gasteiger partial charge in [0, 0.05) is 42.4 Å². The number of carbonyl (C=O) groups is 3. The first-order chi connectivity index (χ1) is 23.1. The molecule has 0 aliphatic carbocycles. The van der Waals surface area contributed by atoms with E-state index in [0.717, 1.165) is 5.56 Å². The monoisotopic (exact) mass is 655 g/mol. The van der Waals surface area contributed by atoms with Crippen molar-refractivity contribution in [1.82, 2.24) is 30.0 Å². The number of benzene rings is 3. The minimum absolute atomic E-state index is 0.0441. The third-order valence-corrected chi connectivity index (χ3v) is 8.27. The number of tetrazole rings is 1. The molecule has 0 radical (unpaired) electrons. The number of para-hydroxylation sites is 2. The first-order valence-electron chi connectivity index (χ1n) is 15.7. The van der Waals surface area contributed by atoms with Crippen LogP contribution in [0, 0.1) is 5.92 Å². The molecule has 0 saturated heterocycles. The molecule has 2 heterocycles. The van der Waals surface area contributed by atoms with E-state index in [1.165, 1.54) is 11.0 Å². The van der Waals surface area contributed by atoms with Crippen LogP contribution in [0.25, 0.3) is 0 Å². The van der Waals surface area contributed by atoms with Gasteiger partial charge in [-0.3, -0.25) is 19.3 Å². The summed E-state index contributed by atoms with van der Waals surface area (Å²) in [7, 11) is 1.99. The zero-order valence-electron chi connectivity index (χ0n) is 27.2. The Morgan fingerprint density at radius 2 is 1.90 bits per heavy atom. The molecular weight excluding hydrogens is 614 g/mol. The summed E-state index contributed by atoms with van der Waals surface area (Å²) < 4.78 is 7.93. The molecule has 4 aromatic rings. The second-order valence-electron chi connectivity index (χ2n) is 12.2. The summed E-state index contributed by atoms with van der Waals surface area (Å²) in [5.74, 6) is -0.233. The molecule has 1 aliphatic rings. The van der Waals surface area contributed by atoms with Crippen molar-refractivity contribution in [3.63, 3.8) is 0 Å². The number of rotatable bonds is 11. The Kier molecular flexibility index (Phi) is 11.0. The molecule has 3 amide bonds. The molecule has 3 aromatic carbocycles. The normalized spacial score (nSPS) is 17.0. The van der Waals surface area contributed by atoms with E-state index < -0.39 is 0 Å². The van der Waals surface area contributed by atoms with Crippen LogP contribution in [0.1, 0.15) is 35.3 Å². The van der Waals surface area contributed by atoms with Gasteiger partial charge < -0.3 is 31.1 Å². The SMILES string of the molecule is C[C@@H]1CN([C@H](C)CO)C(=O)Cc2cc(NC(=O)Cn3cnnn3)ccc2O[C@H]1CN(C)Cc1ccc(C(=O)Nc2ccccc2N)cc1. The van der Waals surface area contributed by atoms with Gasteiger partial charge >= 0.3 is 0 Å². The molecule has 0 unspecified atom stereocenters. The van der Waals surface area contributed by atoms with Crippen molar-refractivity contribution in [2.45, 2.75) is 45.5 Å². The minimum Gasteiger partial charge on any atom is -0.488 e. The number of likely N-dealkylation sites (N-methyl/N-ethyl adjacent to an activating group) is 1. The molecule has 1 aliphatic heterocycles. The predicted octanol–water partition coefficient (Wildman–Crippen LogP) is 2.43. The molecule has 0 bridgehead atoms. The third kappa shape index (κ3) is 8.72. The highest BCUT2D eigenvalue weighted by molar-refractivity contribution is 6.05. The van der Waals surface area contributed by atoms with Gasteiger partial charge in [-0.1, -0.05) is 31.2 Å². The Morgan fingerprint density at radius 3 is 2.60 bits per heavy atom. The van der Waals surface area contributed by atoms with Gasteiger partial charge in [-0.25, -0.2) is 4.68 Å². The number of hydrogen-bond donors (Lipinski definition) is 4. The lowest BCUT2D eigenvalue weighted by Crippen LogP contribution is -2.47. The molecule has 14 nitrogen and oxygen atoms in total. The molecule has 0 fully saturated rings. The fourth-order valence-corrected chi connectivity index (χ4v) is 5.58. The van der Waals surface area contributed by atoms with Crippen LogP contribution < -0.4 is 21.1 Å². The van der Waals surface area contributed by atoms with Crippen LogP contribution in [0.2, 0.25) is 0 Å². The van der Waals surface area contributed by atoms with Gasteiger partial charge in [-0.2, -0.15) is 0 Å². The van der Waals surface area contributed by atoms with E-state index in [9.17, 15) is 19.5 Å². The van der Waals surface area contributed by atoms with E-state index in [2.05, 4.69) is 31.1 Å². The number of nitrogen functional groups attached to an aromatic ring is 1. The maximum absolute atomic E-state index is 13.5. The highest BCUT2D eigenvalue weighted by Gasteiger charge is 2.31. The summed E-state index contributed by atoms with van der Waals surface area (Å²) in [6, 6.07) is 19.4. The number of aliphatic hydroxyl groups is 1. The Balaban J connectivity index is 1.29. The van der Waals surface area contributed by atoms with E-state index >= 15 is 0 Å². The quantitative estimate of drug-likeness (QED) is 0.175. The van der Waals surface area contributed by atoms with Crippen LogP contribution in [0.4, 0.5) is 17.1 Å². The van der Waals surface area contributed by atoms with Crippen molar-refractivity contribution in [3.8, 4) is 5.75 Å². The number of amides is 3. The summed E-state index contributed by atoms with van der Waals surface area (Å²) in [6.07, 6.45) is 1.08. The summed E-state index contributed by atoms with van der Waals surface area (Å²) in [5, 5.41) is 26.4. The molecular formula is C34H41N9O5. The van der Waals surface area contributed by atoms with E-state index in [1.807, 2.05) is 45.2 Å². The number of nitrogens with one attached hydrogen (secondary N) is 2. The fourth-order valence-electron chi connectivity index (χ4n) is 5.58. The number of nitrogens with zero attached hydrogens (tertiary/aromatic N) is 6. The largest absolute Gasteiger partial charge is 0.488 e. The van der Waals surface area contributed by atoms with Gasteiger partial charge in [0.2, 0.25) is 11.8 Å². The lowest BCUT2D eigenvalue weighted by Gasteiger charge is -2.34. The fraction of sp³-hybridized carbons (Fsp3) is 0.353. The highest BCUT2D eigenvalue weighted by Crippen LogP contribution is 2.29. The molecule has 14 heteroatoms. The maximum atomic E-state index is 13.5. The molecule has 0 spiro atoms. The smallest absolute Gasteiger partial charge is 0.255 e. The average molecular weight is 656 g/mol. The van der Waals surface area contributed by atoms with Crippen LogP contribution >= 0.6 is 0 Å². The molecule has 3 atom stereocenters. The second-order valence-corrected chi connectivity index (χ2v) is 12.2. The van der Waals surface area contributed by atoms with Gasteiger partial charge in [0.05, 0.1) is 30.4 Å². The van der Waals surface area contributed by atoms with E-state index in [1.54, 1.807) is 47.4 Å². The maximum Gasteiger partial charge on any atom is 0.255 e. The molecule has 0 saturated carbocycles. The van der Waals surface area contributed by atoms with Crippen molar-refractivity contribution < 1.29 is 24.2 Å². The standard InChI is InChI=1S/C34H41N9O5/c1-22-16-43(23(2)20-44)33(46)15-26-14-27(37-32(45)19-42-21-36-39-40-42)12-13-30(26)48-31(22)18-41(3)17-24-8-10-25(11-9-24)34(47)38-29-7-5-4-6-28(29)35/h4-14,21-23,31,44H,15-20,35H2,1-3H3,(H,37,45)(H,38,47)/t22-,23-,31+/m1/s1. The summed E-state index contributed by atoms with van der Waals surface area (Å²) >= 11 is 0. The van der Waals surface area contributed by atoms with Gasteiger partial charge in [-0.15, -0.1) is 5.10 Å². The molecule has 252 valence electrons. The van der Waals surface area contributed by atoms with Crippen LogP contribution in [0.3, 0.4) is 0 Å². The lowest BCUT2D eigenvalue weighted by atomic mass is 10.0. The van der Waals surface area contributed by atoms with Gasteiger partial charge in [0.15, 0.2) is 0 Å². The van der Waals surface area contributed by atoms with E-state index in [0.29, 0.717) is 53.6 Å². The van der Waals surface area contributed by atoms with Crippen molar-refractivity contribution in [2.75, 3.05) is 43.1 Å². The highest BCUT2D eigenvalue weighted by atomic mass is 16.5. The predicted molar refractivity (Wildman–Crippen MR) is 180 cm³/mol. The molecule has 5 rings (SSSR count). The summed E-state index contributed by atoms with van der Waals surface area (Å²) in [5.41, 5.74) is 9.69. The van der Waals surface area contributed by atoms with Gasteiger partial charge in [0.1, 0.15) is 24.7 Å². The van der Waals surface area contributed by atoms with Crippen molar-refractivity contribution in [2.24, 2.45) is 5.92 Å². The van der Waals surface area contributed by atoms with Gasteiger partial charge in [-0.05, 0) is 72.4 Å². The average Bonchev–Trinajstić information content (AvgIpc) is 3.58. The number of hydrogen-bond acceptors (Lipinski definition) is 10. The number of nitrogens with two attached hydrogens (primary N) is 1. The van der Waals surface area contributed by atoms with Crippen LogP contribution in [-0.4, -0.2) is 91.7 Å². The number of aliphatic hydroxyl groups excluding tert-OH is 1. The Morgan fingerprint density at radius 1 is 1.12 bits per heavy atom. The first-order valence-corrected chi connectivity index (χ1v) is 15.7. The van der Waals surface area contributed by atoms with Crippen molar-refractivity contribution >= 4 is 34.8 Å². The second kappa shape index (κ2) is 15.5. The Bertz CT molecular complexity index is 1710. The number of aromatic nitrogens is 4. The first kappa shape index (κ1) is 34.0. The molecule has 48 heavy (non-hydrogen) atoms. The van der Waals surface area contributed by atoms with Crippen molar-refractivity contribution in [3.05, 3.63) is 89.7 Å². The third-order valence-electron chi connectivity index (χ3n) is 8.27.